The first-order chi connectivity index (χ1) is 9.32. The largest absolute Gasteiger partial charge is 0.417 e. The number of hydrogen-bond acceptors (Lipinski definition) is 1. The first-order valence-electron chi connectivity index (χ1n) is 5.57. The van der Waals surface area contributed by atoms with Crippen LogP contribution in [0, 0.1) is 5.82 Å². The lowest BCUT2D eigenvalue weighted by atomic mass is 9.97. The van der Waals surface area contributed by atoms with Crippen molar-refractivity contribution in [3.05, 3.63) is 59.4 Å². The van der Waals surface area contributed by atoms with Gasteiger partial charge in [0, 0.05) is 5.56 Å². The molecule has 0 aliphatic carbocycles. The average molecular weight is 283 g/mol. The number of primary amides is 1. The monoisotopic (exact) mass is 283 g/mol. The Balaban J connectivity index is 2.70. The fourth-order valence-electron chi connectivity index (χ4n) is 1.90. The van der Waals surface area contributed by atoms with E-state index in [2.05, 4.69) is 0 Å². The zero-order valence-corrected chi connectivity index (χ0v) is 10.0. The fourth-order valence-corrected chi connectivity index (χ4v) is 1.90. The predicted octanol–water partition coefficient (Wildman–Crippen LogP) is 3.61. The van der Waals surface area contributed by atoms with Gasteiger partial charge in [0.25, 0.3) is 5.91 Å². The molecule has 0 spiro atoms. The maximum Gasteiger partial charge on any atom is 0.417 e. The highest BCUT2D eigenvalue weighted by Crippen LogP contribution is 2.38. The van der Waals surface area contributed by atoms with Gasteiger partial charge >= 0.3 is 6.18 Å². The van der Waals surface area contributed by atoms with Gasteiger partial charge in [0.1, 0.15) is 5.82 Å². The van der Waals surface area contributed by atoms with Crippen LogP contribution in [0.1, 0.15) is 15.9 Å². The van der Waals surface area contributed by atoms with Gasteiger partial charge in [-0.15, -0.1) is 0 Å². The molecule has 0 aromatic heterocycles. The van der Waals surface area contributed by atoms with Crippen LogP contribution in [0.4, 0.5) is 17.6 Å². The molecule has 0 aliphatic heterocycles. The van der Waals surface area contributed by atoms with Gasteiger partial charge in [0.15, 0.2) is 0 Å². The molecule has 2 aromatic rings. The second-order valence-corrected chi connectivity index (χ2v) is 4.07. The summed E-state index contributed by atoms with van der Waals surface area (Å²) in [4.78, 5) is 11.0. The smallest absolute Gasteiger partial charge is 0.366 e. The lowest BCUT2D eigenvalue weighted by Crippen LogP contribution is -2.14. The predicted molar refractivity (Wildman–Crippen MR) is 65.4 cm³/mol. The molecule has 0 heterocycles. The SMILES string of the molecule is NC(=O)c1cccc(-c2ccccc2C(F)(F)F)c1F. The zero-order valence-electron chi connectivity index (χ0n) is 10.0. The highest BCUT2D eigenvalue weighted by Gasteiger charge is 2.34. The van der Waals surface area contributed by atoms with E-state index in [4.69, 9.17) is 5.73 Å². The molecule has 2 rings (SSSR count). The van der Waals surface area contributed by atoms with E-state index >= 15 is 0 Å². The van der Waals surface area contributed by atoms with Gasteiger partial charge in [-0.05, 0) is 17.7 Å². The Hall–Kier alpha value is -2.37. The van der Waals surface area contributed by atoms with Crippen LogP contribution in [-0.2, 0) is 6.18 Å². The minimum absolute atomic E-state index is 0.311. The maximum atomic E-state index is 14.1. The molecule has 0 bridgehead atoms. The number of halogens is 4. The Morgan fingerprint density at radius 1 is 0.950 bits per heavy atom. The first-order valence-corrected chi connectivity index (χ1v) is 5.57. The van der Waals surface area contributed by atoms with Crippen molar-refractivity contribution in [3.8, 4) is 11.1 Å². The summed E-state index contributed by atoms with van der Waals surface area (Å²) < 4.78 is 52.8. The zero-order chi connectivity index (χ0) is 14.9. The van der Waals surface area contributed by atoms with Crippen molar-refractivity contribution in [3.63, 3.8) is 0 Å². The summed E-state index contributed by atoms with van der Waals surface area (Å²) in [5, 5.41) is 0. The topological polar surface area (TPSA) is 43.1 Å². The van der Waals surface area contributed by atoms with Crippen LogP contribution in [0.25, 0.3) is 11.1 Å². The molecule has 0 atom stereocenters. The van der Waals surface area contributed by atoms with E-state index in [9.17, 15) is 22.4 Å². The van der Waals surface area contributed by atoms with Gasteiger partial charge in [-0.3, -0.25) is 4.79 Å². The third kappa shape index (κ3) is 2.49. The normalized spacial score (nSPS) is 11.4. The van der Waals surface area contributed by atoms with Crippen molar-refractivity contribution in [2.24, 2.45) is 5.73 Å². The second-order valence-electron chi connectivity index (χ2n) is 4.07. The molecule has 0 aliphatic rings. The van der Waals surface area contributed by atoms with Crippen LogP contribution in [0.15, 0.2) is 42.5 Å². The minimum Gasteiger partial charge on any atom is -0.366 e. The first kappa shape index (κ1) is 14.0. The highest BCUT2D eigenvalue weighted by molar-refractivity contribution is 5.94. The molecule has 0 fully saturated rings. The Bertz CT molecular complexity index is 664. The molecule has 0 radical (unpaired) electrons. The maximum absolute atomic E-state index is 14.1. The van der Waals surface area contributed by atoms with Gasteiger partial charge in [-0.2, -0.15) is 13.2 Å². The summed E-state index contributed by atoms with van der Waals surface area (Å²) in [6.45, 7) is 0. The molecular weight excluding hydrogens is 274 g/mol. The van der Waals surface area contributed by atoms with Gasteiger partial charge in [0.05, 0.1) is 11.1 Å². The van der Waals surface area contributed by atoms with E-state index in [-0.39, 0.29) is 11.1 Å². The van der Waals surface area contributed by atoms with Crippen molar-refractivity contribution in [1.82, 2.24) is 0 Å². The van der Waals surface area contributed by atoms with Crippen molar-refractivity contribution in [2.45, 2.75) is 6.18 Å². The number of benzene rings is 2. The number of carbonyl (C=O) groups excluding carboxylic acids is 1. The minimum atomic E-state index is -4.62. The summed E-state index contributed by atoms with van der Waals surface area (Å²) in [7, 11) is 0. The van der Waals surface area contributed by atoms with Crippen LogP contribution >= 0.6 is 0 Å². The van der Waals surface area contributed by atoms with Gasteiger partial charge < -0.3 is 5.73 Å². The molecule has 1 amide bonds. The number of amides is 1. The Morgan fingerprint density at radius 3 is 2.15 bits per heavy atom. The van der Waals surface area contributed by atoms with Crippen LogP contribution in [0.5, 0.6) is 0 Å². The van der Waals surface area contributed by atoms with Gasteiger partial charge in [-0.1, -0.05) is 30.3 Å². The summed E-state index contributed by atoms with van der Waals surface area (Å²) in [5.41, 5.74) is 2.92. The molecule has 2 nitrogen and oxygen atoms in total. The Morgan fingerprint density at radius 2 is 1.55 bits per heavy atom. The molecule has 2 aromatic carbocycles. The Kier molecular flexibility index (Phi) is 3.48. The van der Waals surface area contributed by atoms with E-state index < -0.39 is 29.0 Å². The third-order valence-electron chi connectivity index (χ3n) is 2.79. The second kappa shape index (κ2) is 4.96. The van der Waals surface area contributed by atoms with E-state index in [1.165, 1.54) is 24.3 Å². The average Bonchev–Trinajstić information content (AvgIpc) is 2.37. The fraction of sp³-hybridized carbons (Fsp3) is 0.0714. The van der Waals surface area contributed by atoms with Crippen molar-refractivity contribution >= 4 is 5.91 Å². The standard InChI is InChI=1S/C14H9F4NO/c15-12-9(5-3-6-10(12)13(19)20)8-4-1-2-7-11(8)14(16,17)18/h1-7H,(H2,19,20). The quantitative estimate of drug-likeness (QED) is 0.841. The lowest BCUT2D eigenvalue weighted by Gasteiger charge is -2.14. The molecule has 2 N–H and O–H groups in total. The summed E-state index contributed by atoms with van der Waals surface area (Å²) in [6.07, 6.45) is -4.62. The number of rotatable bonds is 2. The van der Waals surface area contributed by atoms with Crippen LogP contribution in [0.2, 0.25) is 0 Å². The van der Waals surface area contributed by atoms with Crippen LogP contribution in [-0.4, -0.2) is 5.91 Å². The summed E-state index contributed by atoms with van der Waals surface area (Å²) >= 11 is 0. The number of alkyl halides is 3. The van der Waals surface area contributed by atoms with Crippen molar-refractivity contribution < 1.29 is 22.4 Å². The highest BCUT2D eigenvalue weighted by atomic mass is 19.4. The number of hydrogen-bond donors (Lipinski definition) is 1. The molecule has 20 heavy (non-hydrogen) atoms. The number of nitrogens with two attached hydrogens (primary N) is 1. The van der Waals surface area contributed by atoms with E-state index in [1.54, 1.807) is 0 Å². The number of carbonyl (C=O) groups is 1. The molecule has 0 unspecified atom stereocenters. The third-order valence-corrected chi connectivity index (χ3v) is 2.79. The van der Waals surface area contributed by atoms with Gasteiger partial charge in [0.2, 0.25) is 0 Å². The van der Waals surface area contributed by atoms with E-state index in [1.807, 2.05) is 0 Å². The van der Waals surface area contributed by atoms with Crippen molar-refractivity contribution in [1.29, 1.82) is 0 Å². The van der Waals surface area contributed by atoms with Crippen LogP contribution < -0.4 is 5.73 Å². The molecule has 104 valence electrons. The summed E-state index contributed by atoms with van der Waals surface area (Å²) in [5.74, 6) is -2.09. The molecule has 0 saturated carbocycles. The molecular formula is C14H9F4NO. The molecule has 6 heteroatoms. The van der Waals surface area contributed by atoms with E-state index in [0.29, 0.717) is 0 Å². The lowest BCUT2D eigenvalue weighted by molar-refractivity contribution is -0.137. The Labute approximate surface area is 111 Å². The summed E-state index contributed by atoms with van der Waals surface area (Å²) in [6, 6.07) is 8.15. The van der Waals surface area contributed by atoms with Crippen LogP contribution in [0.3, 0.4) is 0 Å². The van der Waals surface area contributed by atoms with Crippen molar-refractivity contribution in [2.75, 3.05) is 0 Å². The van der Waals surface area contributed by atoms with E-state index in [0.717, 1.165) is 18.2 Å². The molecule has 0 saturated heterocycles. The van der Waals surface area contributed by atoms with Gasteiger partial charge in [-0.25, -0.2) is 4.39 Å².